The van der Waals surface area contributed by atoms with Gasteiger partial charge >= 0.3 is 5.76 Å². The molecular formula is C23H18F3N3O4. The summed E-state index contributed by atoms with van der Waals surface area (Å²) in [6.07, 6.45) is 0.196. The summed E-state index contributed by atoms with van der Waals surface area (Å²) in [5.41, 5.74) is 2.03. The van der Waals surface area contributed by atoms with Crippen LogP contribution in [0, 0.1) is 31.3 Å². The molecule has 0 bridgehead atoms. The number of hydrogen-bond acceptors (Lipinski definition) is 6. The summed E-state index contributed by atoms with van der Waals surface area (Å²) in [5.74, 6) is -3.10. The molecule has 0 fully saturated rings. The van der Waals surface area contributed by atoms with Crippen LogP contribution in [0.4, 0.5) is 13.2 Å². The minimum atomic E-state index is -0.858. The maximum Gasteiger partial charge on any atom is 0.439 e. The first-order chi connectivity index (χ1) is 15.7. The average Bonchev–Trinajstić information content (AvgIpc) is 3.19. The lowest BCUT2D eigenvalue weighted by molar-refractivity contribution is 0.271. The highest BCUT2D eigenvalue weighted by Crippen LogP contribution is 2.32. The number of nitrogens with one attached hydrogen (secondary N) is 1. The fourth-order valence-corrected chi connectivity index (χ4v) is 3.46. The molecule has 7 nitrogen and oxygen atoms in total. The molecule has 0 atom stereocenters. The van der Waals surface area contributed by atoms with Gasteiger partial charge in [0.05, 0.1) is 0 Å². The Kier molecular flexibility index (Phi) is 5.91. The maximum absolute atomic E-state index is 15.0. The summed E-state index contributed by atoms with van der Waals surface area (Å²) >= 11 is 0. The van der Waals surface area contributed by atoms with Gasteiger partial charge in [-0.2, -0.15) is 0 Å². The van der Waals surface area contributed by atoms with E-state index in [2.05, 4.69) is 19.6 Å². The zero-order valence-corrected chi connectivity index (χ0v) is 17.6. The standard InChI is InChI=1S/C23H18F3N3O4/c1-11-7-19(32-10-20-28-23(31)33-29-20)21(26)12(2)16(11)9-14-4-6-18(30)22(27-14)15-5-3-13(24)8-17(15)25/h3-8,30H,9-10H2,1-2H3,(H,28,29,31). The van der Waals surface area contributed by atoms with Crippen molar-refractivity contribution >= 4 is 0 Å². The number of benzene rings is 2. The van der Waals surface area contributed by atoms with Gasteiger partial charge in [-0.1, -0.05) is 5.16 Å². The van der Waals surface area contributed by atoms with Gasteiger partial charge < -0.3 is 9.84 Å². The molecule has 10 heteroatoms. The number of aryl methyl sites for hydroxylation is 1. The molecule has 0 aliphatic carbocycles. The number of rotatable bonds is 6. The van der Waals surface area contributed by atoms with Crippen molar-refractivity contribution < 1.29 is 27.5 Å². The van der Waals surface area contributed by atoms with E-state index in [9.17, 15) is 23.1 Å². The van der Waals surface area contributed by atoms with Gasteiger partial charge in [0.25, 0.3) is 0 Å². The van der Waals surface area contributed by atoms with E-state index in [0.29, 0.717) is 28.5 Å². The van der Waals surface area contributed by atoms with Crippen LogP contribution in [-0.4, -0.2) is 20.2 Å². The third kappa shape index (κ3) is 4.59. The molecular weight excluding hydrogens is 439 g/mol. The van der Waals surface area contributed by atoms with Crippen LogP contribution in [0.3, 0.4) is 0 Å². The first-order valence-corrected chi connectivity index (χ1v) is 9.83. The Morgan fingerprint density at radius 3 is 2.61 bits per heavy atom. The minimum absolute atomic E-state index is 0.0228. The van der Waals surface area contributed by atoms with E-state index in [-0.39, 0.29) is 41.6 Å². The van der Waals surface area contributed by atoms with Crippen molar-refractivity contribution in [3.63, 3.8) is 0 Å². The van der Waals surface area contributed by atoms with Crippen LogP contribution < -0.4 is 10.5 Å². The van der Waals surface area contributed by atoms with E-state index in [1.54, 1.807) is 19.9 Å². The molecule has 0 unspecified atom stereocenters. The number of ether oxygens (including phenoxy) is 1. The van der Waals surface area contributed by atoms with Gasteiger partial charge in [0, 0.05) is 23.7 Å². The Balaban J connectivity index is 1.62. The van der Waals surface area contributed by atoms with Gasteiger partial charge in [0.1, 0.15) is 29.7 Å². The summed E-state index contributed by atoms with van der Waals surface area (Å²) in [6, 6.07) is 7.39. The highest BCUT2D eigenvalue weighted by atomic mass is 19.1. The minimum Gasteiger partial charge on any atom is -0.506 e. The molecule has 0 saturated heterocycles. The van der Waals surface area contributed by atoms with Crippen molar-refractivity contribution in [1.29, 1.82) is 0 Å². The molecule has 0 aliphatic rings. The van der Waals surface area contributed by atoms with Crippen LogP contribution >= 0.6 is 0 Å². The molecule has 0 amide bonds. The molecule has 33 heavy (non-hydrogen) atoms. The Morgan fingerprint density at radius 2 is 1.91 bits per heavy atom. The third-order valence-corrected chi connectivity index (χ3v) is 5.15. The van der Waals surface area contributed by atoms with Gasteiger partial charge in [-0.25, -0.2) is 22.9 Å². The predicted molar refractivity (Wildman–Crippen MR) is 111 cm³/mol. The summed E-state index contributed by atoms with van der Waals surface area (Å²) < 4.78 is 52.2. The van der Waals surface area contributed by atoms with Gasteiger partial charge in [-0.3, -0.25) is 9.51 Å². The second-order valence-corrected chi connectivity index (χ2v) is 7.41. The molecule has 4 rings (SSSR count). The van der Waals surface area contributed by atoms with E-state index in [1.165, 1.54) is 18.2 Å². The molecule has 2 aromatic heterocycles. The summed E-state index contributed by atoms with van der Waals surface area (Å²) in [7, 11) is 0. The van der Waals surface area contributed by atoms with Crippen LogP contribution in [0.5, 0.6) is 11.5 Å². The summed E-state index contributed by atoms with van der Waals surface area (Å²) in [4.78, 5) is 17.6. The number of H-pyrrole nitrogens is 1. The number of aromatic nitrogens is 3. The van der Waals surface area contributed by atoms with E-state index < -0.39 is 23.2 Å². The van der Waals surface area contributed by atoms with Crippen LogP contribution in [0.2, 0.25) is 0 Å². The van der Waals surface area contributed by atoms with Crippen molar-refractivity contribution in [2.45, 2.75) is 26.9 Å². The monoisotopic (exact) mass is 457 g/mol. The first kappa shape index (κ1) is 22.1. The molecule has 4 aromatic rings. The van der Waals surface area contributed by atoms with E-state index in [0.717, 1.165) is 6.07 Å². The summed E-state index contributed by atoms with van der Waals surface area (Å²) in [5, 5.41) is 13.6. The topological polar surface area (TPSA) is 101 Å². The fourth-order valence-electron chi connectivity index (χ4n) is 3.46. The molecule has 0 saturated carbocycles. The van der Waals surface area contributed by atoms with Crippen molar-refractivity contribution in [2.75, 3.05) is 0 Å². The second-order valence-electron chi connectivity index (χ2n) is 7.41. The fraction of sp³-hybridized carbons (Fsp3) is 0.174. The summed E-state index contributed by atoms with van der Waals surface area (Å²) in [6.45, 7) is 3.17. The Morgan fingerprint density at radius 1 is 1.12 bits per heavy atom. The Labute approximate surface area is 185 Å². The predicted octanol–water partition coefficient (Wildman–Crippen LogP) is 4.33. The van der Waals surface area contributed by atoms with E-state index in [4.69, 9.17) is 4.74 Å². The number of aromatic amines is 1. The van der Waals surface area contributed by atoms with Crippen LogP contribution in [-0.2, 0) is 13.0 Å². The quantitative estimate of drug-likeness (QED) is 0.447. The largest absolute Gasteiger partial charge is 0.506 e. The third-order valence-electron chi connectivity index (χ3n) is 5.15. The number of hydrogen-bond donors (Lipinski definition) is 2. The Bertz CT molecular complexity index is 1400. The van der Waals surface area contributed by atoms with E-state index >= 15 is 0 Å². The van der Waals surface area contributed by atoms with Crippen molar-refractivity contribution in [2.24, 2.45) is 0 Å². The van der Waals surface area contributed by atoms with Crippen molar-refractivity contribution in [1.82, 2.24) is 15.1 Å². The second kappa shape index (κ2) is 8.81. The maximum atomic E-state index is 15.0. The molecule has 0 spiro atoms. The van der Waals surface area contributed by atoms with Crippen LogP contribution in [0.15, 0.2) is 45.7 Å². The Hall–Kier alpha value is -4.08. The van der Waals surface area contributed by atoms with Crippen molar-refractivity contribution in [3.8, 4) is 22.8 Å². The lowest BCUT2D eigenvalue weighted by atomic mass is 9.97. The highest BCUT2D eigenvalue weighted by molar-refractivity contribution is 5.66. The molecule has 0 aliphatic heterocycles. The molecule has 170 valence electrons. The zero-order valence-electron chi connectivity index (χ0n) is 17.6. The van der Waals surface area contributed by atoms with Gasteiger partial charge in [-0.15, -0.1) is 0 Å². The number of aromatic hydroxyl groups is 1. The molecule has 2 heterocycles. The van der Waals surface area contributed by atoms with E-state index in [1.807, 2.05) is 0 Å². The normalized spacial score (nSPS) is 11.1. The molecule has 2 aromatic carbocycles. The first-order valence-electron chi connectivity index (χ1n) is 9.83. The highest BCUT2D eigenvalue weighted by Gasteiger charge is 2.18. The number of halogens is 3. The van der Waals surface area contributed by atoms with Gasteiger partial charge in [0.15, 0.2) is 17.4 Å². The zero-order chi connectivity index (χ0) is 23.7. The SMILES string of the molecule is Cc1cc(OCc2noc(=O)[nH]2)c(F)c(C)c1Cc1ccc(O)c(-c2ccc(F)cc2F)n1. The molecule has 0 radical (unpaired) electrons. The lowest BCUT2D eigenvalue weighted by Gasteiger charge is -2.15. The van der Waals surface area contributed by atoms with Crippen LogP contribution in [0.1, 0.15) is 28.2 Å². The molecule has 2 N–H and O–H groups in total. The average molecular weight is 457 g/mol. The lowest BCUT2D eigenvalue weighted by Crippen LogP contribution is -2.06. The number of nitrogens with zero attached hydrogens (tertiary/aromatic N) is 2. The van der Waals surface area contributed by atoms with Crippen molar-refractivity contribution in [3.05, 3.63) is 92.6 Å². The van der Waals surface area contributed by atoms with Gasteiger partial charge in [0.2, 0.25) is 0 Å². The smallest absolute Gasteiger partial charge is 0.439 e. The van der Waals surface area contributed by atoms with Crippen LogP contribution in [0.25, 0.3) is 11.3 Å². The number of pyridine rings is 1. The van der Waals surface area contributed by atoms with Gasteiger partial charge in [-0.05, 0) is 60.9 Å².